The summed E-state index contributed by atoms with van der Waals surface area (Å²) in [5.74, 6) is -1.97. The number of alkyl halides is 14. The largest absolute Gasteiger partial charge is 1.00 e. The maximum Gasteiger partial charge on any atom is 1.00 e. The smallest absolute Gasteiger partial charge is 0.870 e. The average Bonchev–Trinajstić information content (AvgIpc) is 3.89. The van der Waals surface area contributed by atoms with Crippen LogP contribution in [0, 0.1) is 27.7 Å². The molecule has 4 aromatic carbocycles. The van der Waals surface area contributed by atoms with Crippen molar-refractivity contribution in [2.75, 3.05) is 7.11 Å². The van der Waals surface area contributed by atoms with Crippen LogP contribution < -0.4 is 18.9 Å². The Balaban J connectivity index is 0.000000355. The molecular weight excluding hydrogens is 996 g/mol. The summed E-state index contributed by atoms with van der Waals surface area (Å²) in [7, 11) is 1.18. The van der Waals surface area contributed by atoms with Crippen LogP contribution in [0.1, 0.15) is 54.1 Å². The Morgan fingerprint density at radius 1 is 0.536 bits per heavy atom. The molecule has 0 saturated carbocycles. The molecule has 69 heavy (non-hydrogen) atoms. The molecule has 0 unspecified atom stereocenters. The number of halogens is 16. The van der Waals surface area contributed by atoms with Gasteiger partial charge >= 0.3 is 66.8 Å². The Labute approximate surface area is 403 Å². The molecule has 366 valence electrons. The number of carboxylic acids is 1. The first-order chi connectivity index (χ1) is 30.7. The summed E-state index contributed by atoms with van der Waals surface area (Å²) < 4.78 is 194. The number of benzene rings is 4. The number of esters is 1. The van der Waals surface area contributed by atoms with E-state index in [0.29, 0.717) is 35.6 Å². The number of carbonyl (C=O) groups is 2. The molecule has 26 heteroatoms. The van der Waals surface area contributed by atoms with Crippen LogP contribution in [0.5, 0.6) is 0 Å². The van der Waals surface area contributed by atoms with Crippen molar-refractivity contribution in [3.63, 3.8) is 0 Å². The van der Waals surface area contributed by atoms with Gasteiger partial charge in [0.25, 0.3) is 0 Å². The van der Waals surface area contributed by atoms with Gasteiger partial charge in [0, 0.05) is 34.6 Å². The molecule has 0 amide bonds. The van der Waals surface area contributed by atoms with Crippen molar-refractivity contribution in [3.8, 4) is 33.9 Å². The van der Waals surface area contributed by atoms with Crippen LogP contribution in [0.3, 0.4) is 0 Å². The second kappa shape index (κ2) is 20.4. The van der Waals surface area contributed by atoms with E-state index in [-0.39, 0.29) is 90.3 Å². The minimum absolute atomic E-state index is 0. The summed E-state index contributed by atoms with van der Waals surface area (Å²) in [6.45, 7) is 5.00. The van der Waals surface area contributed by atoms with Crippen LogP contribution in [0.25, 0.3) is 33.9 Å². The number of hydrogen-bond acceptors (Lipinski definition) is 6. The molecule has 0 spiro atoms. The monoisotopic (exact) mass is 1030 g/mol. The Kier molecular flexibility index (Phi) is 17.1. The summed E-state index contributed by atoms with van der Waals surface area (Å²) in [5.41, 5.74) is -13.0. The van der Waals surface area contributed by atoms with Crippen molar-refractivity contribution in [1.82, 2.24) is 19.6 Å². The third-order valence-electron chi connectivity index (χ3n) is 10.2. The molecule has 6 rings (SSSR count). The average molecular weight is 1030 g/mol. The van der Waals surface area contributed by atoms with Gasteiger partial charge in [-0.1, -0.05) is 47.5 Å². The van der Waals surface area contributed by atoms with E-state index in [0.717, 1.165) is 0 Å². The molecule has 2 heterocycles. The predicted octanol–water partition coefficient (Wildman–Crippen LogP) is 10.5. The van der Waals surface area contributed by atoms with E-state index in [9.17, 15) is 76.2 Å². The molecule has 6 aromatic rings. The number of aromatic nitrogens is 4. The van der Waals surface area contributed by atoms with Crippen molar-refractivity contribution < 1.29 is 105 Å². The van der Waals surface area contributed by atoms with Crippen molar-refractivity contribution in [1.29, 1.82) is 0 Å². The third-order valence-corrected chi connectivity index (χ3v) is 10.8. The number of aryl methyl sites for hydroxylation is 4. The van der Waals surface area contributed by atoms with Crippen molar-refractivity contribution >= 4 is 35.1 Å². The summed E-state index contributed by atoms with van der Waals surface area (Å²) in [6, 6.07) is 13.3. The van der Waals surface area contributed by atoms with E-state index in [2.05, 4.69) is 14.9 Å². The number of carbonyl (C=O) groups excluding carboxylic acids is 1. The zero-order chi connectivity index (χ0) is 50.6. The molecule has 0 aliphatic carbocycles. The molecule has 0 bridgehead atoms. The number of nitrogens with zero attached hydrogens (tertiary/aromatic N) is 4. The molecule has 0 radical (unpaired) electrons. The van der Waals surface area contributed by atoms with Gasteiger partial charge in [-0.15, -0.1) is 0 Å². The van der Waals surface area contributed by atoms with Gasteiger partial charge in [0.15, 0.2) is 0 Å². The number of aromatic carboxylic acids is 1. The van der Waals surface area contributed by atoms with E-state index in [1.54, 1.807) is 6.07 Å². The van der Waals surface area contributed by atoms with Gasteiger partial charge in [0.05, 0.1) is 51.0 Å². The fourth-order valence-electron chi connectivity index (χ4n) is 7.05. The number of hydrogen-bond donors (Lipinski definition) is 1. The quantitative estimate of drug-likeness (QED) is 0.0913. The molecular formula is C43H31Cl2F14LiN4O5. The maximum absolute atomic E-state index is 14.5. The summed E-state index contributed by atoms with van der Waals surface area (Å²) in [6.07, 6.45) is -22.0. The van der Waals surface area contributed by atoms with Crippen LogP contribution in [-0.2, 0) is 16.1 Å². The molecule has 0 saturated heterocycles. The molecule has 9 nitrogen and oxygen atoms in total. The van der Waals surface area contributed by atoms with E-state index in [4.69, 9.17) is 23.2 Å². The topological polar surface area (TPSA) is 129 Å². The number of ether oxygens (including phenoxy) is 1. The van der Waals surface area contributed by atoms with E-state index in [1.165, 1.54) is 99.0 Å². The van der Waals surface area contributed by atoms with E-state index in [1.807, 2.05) is 0 Å². The summed E-state index contributed by atoms with van der Waals surface area (Å²) >= 11 is 11.8. The minimum atomic E-state index is -6.22. The fraction of sp³-hybridized carbons (Fsp3) is 0.256. The van der Waals surface area contributed by atoms with Crippen LogP contribution in [0.15, 0.2) is 85.2 Å². The normalized spacial score (nSPS) is 12.4. The van der Waals surface area contributed by atoms with Crippen molar-refractivity contribution in [2.24, 2.45) is 0 Å². The van der Waals surface area contributed by atoms with E-state index < -0.39 is 59.1 Å². The number of carboxylic acid groups (broad SMARTS) is 1. The molecule has 0 fully saturated rings. The number of rotatable bonds is 8. The summed E-state index contributed by atoms with van der Waals surface area (Å²) in [5, 5.41) is 17.9. The minimum Gasteiger partial charge on any atom is -0.870 e. The van der Waals surface area contributed by atoms with Crippen molar-refractivity contribution in [2.45, 2.75) is 63.7 Å². The Bertz CT molecular complexity index is 2800. The SMILES string of the molecule is COC(=O)c1cc(-n2ccc(-c3c(C)cc(C(F)(C(F)(F)F)C(F)(F)F)cc3C)n2)ccc1Cl.Cc1cc(C(F)(C(F)(F)F)C(F)(F)F)cc(C)c1-c1ccn(-c2ccc(Cl)c(C(=O)O)c2)n1.[Li+].[OH-]. The van der Waals surface area contributed by atoms with E-state index >= 15 is 0 Å². The molecule has 0 aliphatic rings. The molecule has 2 N–H and O–H groups in total. The van der Waals surface area contributed by atoms with Crippen molar-refractivity contribution in [3.05, 3.63) is 140 Å². The van der Waals surface area contributed by atoms with Crippen LogP contribution in [-0.4, -0.2) is 73.9 Å². The second-order valence-electron chi connectivity index (χ2n) is 14.7. The number of methoxy groups -OCH3 is 1. The first-order valence-corrected chi connectivity index (χ1v) is 19.4. The Morgan fingerprint density at radius 2 is 0.841 bits per heavy atom. The van der Waals surface area contributed by atoms with Crippen LogP contribution in [0.4, 0.5) is 61.5 Å². The zero-order valence-electron chi connectivity index (χ0n) is 36.0. The Hall–Kier alpha value is -5.60. The van der Waals surface area contributed by atoms with Gasteiger partial charge in [-0.25, -0.2) is 27.7 Å². The van der Waals surface area contributed by atoms with Gasteiger partial charge in [0.1, 0.15) is 0 Å². The van der Waals surface area contributed by atoms with Gasteiger partial charge in [-0.2, -0.15) is 62.9 Å². The predicted molar refractivity (Wildman–Crippen MR) is 217 cm³/mol. The third kappa shape index (κ3) is 10.9. The maximum atomic E-state index is 14.5. The standard InChI is InChI=1S/C22H16ClF7N2O2.C21H14ClF7N2O2.Li.H2O/c1-11-8-13(20(24,21(25,26)27)22(28,29)30)9-12(2)18(11)17-6-7-32(31-17)14-4-5-16(23)15(10-14)19(33)34-3;1-10-7-12(19(23,20(24,25)26)21(27,28)29)8-11(2)17(10)16-5-6-31(30-16)13-3-4-15(22)14(9-13)18(32)33;;/h4-10H,1-3H3;3-9H,1-2H3,(H,32,33);;1H2/q;;+1;/p-1. The second-order valence-corrected chi connectivity index (χ2v) is 15.5. The molecule has 2 aromatic heterocycles. The molecule has 0 aliphatic heterocycles. The first-order valence-electron chi connectivity index (χ1n) is 18.6. The molecule has 0 atom stereocenters. The van der Waals surface area contributed by atoms with Gasteiger partial charge in [-0.05, 0) is 98.5 Å². The first kappa shape index (κ1) is 57.7. The van der Waals surface area contributed by atoms with Crippen LogP contribution in [0.2, 0.25) is 10.0 Å². The Morgan fingerprint density at radius 3 is 1.13 bits per heavy atom. The summed E-state index contributed by atoms with van der Waals surface area (Å²) in [4.78, 5) is 23.1. The zero-order valence-corrected chi connectivity index (χ0v) is 37.6. The van der Waals surface area contributed by atoms with Crippen LogP contribution >= 0.6 is 23.2 Å². The van der Waals surface area contributed by atoms with Gasteiger partial charge < -0.3 is 15.3 Å². The van der Waals surface area contributed by atoms with Gasteiger partial charge in [-0.3, -0.25) is 0 Å². The fourth-order valence-corrected chi connectivity index (χ4v) is 7.45. The van der Waals surface area contributed by atoms with Gasteiger partial charge in [0.2, 0.25) is 0 Å².